The van der Waals surface area contributed by atoms with Crippen LogP contribution in [0, 0.1) is 17.7 Å². The quantitative estimate of drug-likeness (QED) is 0.267. The van der Waals surface area contributed by atoms with E-state index in [1.54, 1.807) is 26.0 Å². The molecule has 0 amide bonds. The van der Waals surface area contributed by atoms with Crippen LogP contribution in [0.2, 0.25) is 0 Å². The Morgan fingerprint density at radius 1 is 1.10 bits per heavy atom. The molecule has 0 aliphatic heterocycles. The molecule has 2 atom stereocenters. The Morgan fingerprint density at radius 3 is 2.38 bits per heavy atom. The van der Waals surface area contributed by atoms with Crippen molar-refractivity contribution in [3.63, 3.8) is 0 Å². The Bertz CT molecular complexity index is 802. The zero-order valence-corrected chi connectivity index (χ0v) is 17.8. The van der Waals surface area contributed by atoms with Crippen LogP contribution in [0.4, 0.5) is 13.2 Å². The minimum absolute atomic E-state index is 0.0881. The van der Waals surface area contributed by atoms with Gasteiger partial charge in [-0.15, -0.1) is 0 Å². The molecule has 0 spiro atoms. The third kappa shape index (κ3) is 7.80. The van der Waals surface area contributed by atoms with E-state index in [1.165, 1.54) is 6.07 Å². The lowest BCUT2D eigenvalue weighted by molar-refractivity contribution is 0.223. The number of ether oxygens (including phenoxy) is 1. The average Bonchev–Trinajstić information content (AvgIpc) is 2.70. The normalized spacial score (nSPS) is 14.7. The standard InChI is InChI=1S/C25H31F3O/c1-7-9-21-13-15-22(23(26)16-21)14-11-17(3)10-12-18(4)19(5)24(27)25(28)20(6)29-8-2/h7,9,11,13-18H,5-6,8,10,12H2,1-4H3/b9-7+,14-11+,25-24-. The zero-order valence-electron chi connectivity index (χ0n) is 17.8. The van der Waals surface area contributed by atoms with E-state index in [0.717, 1.165) is 12.0 Å². The second-order valence-electron chi connectivity index (χ2n) is 7.11. The van der Waals surface area contributed by atoms with Crippen LogP contribution in [-0.4, -0.2) is 6.61 Å². The summed E-state index contributed by atoms with van der Waals surface area (Å²) in [5, 5.41) is 0. The maximum Gasteiger partial charge on any atom is 0.200 e. The minimum atomic E-state index is -1.10. The Hall–Kier alpha value is -2.49. The Labute approximate surface area is 173 Å². The molecule has 1 nitrogen and oxygen atoms in total. The zero-order chi connectivity index (χ0) is 22.0. The molecule has 0 aliphatic carbocycles. The maximum absolute atomic E-state index is 14.2. The van der Waals surface area contributed by atoms with Gasteiger partial charge in [0.2, 0.25) is 0 Å². The summed E-state index contributed by atoms with van der Waals surface area (Å²) in [7, 11) is 0. The van der Waals surface area contributed by atoms with Gasteiger partial charge in [-0.05, 0) is 55.7 Å². The number of hydrogen-bond acceptors (Lipinski definition) is 1. The van der Waals surface area contributed by atoms with Crippen molar-refractivity contribution in [3.05, 3.63) is 83.4 Å². The predicted octanol–water partition coefficient (Wildman–Crippen LogP) is 8.18. The largest absolute Gasteiger partial charge is 0.491 e. The molecular weight excluding hydrogens is 373 g/mol. The fourth-order valence-corrected chi connectivity index (χ4v) is 2.74. The second-order valence-corrected chi connectivity index (χ2v) is 7.11. The minimum Gasteiger partial charge on any atom is -0.491 e. The molecule has 29 heavy (non-hydrogen) atoms. The second kappa shape index (κ2) is 12.2. The van der Waals surface area contributed by atoms with Gasteiger partial charge in [-0.3, -0.25) is 0 Å². The van der Waals surface area contributed by atoms with E-state index in [2.05, 4.69) is 13.2 Å². The lowest BCUT2D eigenvalue weighted by Gasteiger charge is -2.16. The van der Waals surface area contributed by atoms with Gasteiger partial charge in [0.15, 0.2) is 17.4 Å². The Morgan fingerprint density at radius 2 is 1.79 bits per heavy atom. The van der Waals surface area contributed by atoms with Crippen LogP contribution < -0.4 is 0 Å². The summed E-state index contributed by atoms with van der Waals surface area (Å²) in [5.74, 6) is -2.81. The van der Waals surface area contributed by atoms with Gasteiger partial charge < -0.3 is 4.74 Å². The highest BCUT2D eigenvalue weighted by molar-refractivity contribution is 5.56. The van der Waals surface area contributed by atoms with Gasteiger partial charge >= 0.3 is 0 Å². The summed E-state index contributed by atoms with van der Waals surface area (Å²) in [5.41, 5.74) is 1.43. The molecular formula is C25H31F3O. The van der Waals surface area contributed by atoms with Crippen molar-refractivity contribution in [2.45, 2.75) is 40.5 Å². The van der Waals surface area contributed by atoms with Gasteiger partial charge in [-0.25, -0.2) is 8.78 Å². The average molecular weight is 405 g/mol. The van der Waals surface area contributed by atoms with Crippen LogP contribution in [0.15, 0.2) is 66.5 Å². The summed E-state index contributed by atoms with van der Waals surface area (Å²) >= 11 is 0. The topological polar surface area (TPSA) is 9.23 Å². The first-order valence-corrected chi connectivity index (χ1v) is 9.88. The Balaban J connectivity index is 2.66. The van der Waals surface area contributed by atoms with Crippen molar-refractivity contribution in [2.75, 3.05) is 6.61 Å². The first-order valence-electron chi connectivity index (χ1n) is 9.88. The van der Waals surface area contributed by atoms with E-state index in [9.17, 15) is 13.2 Å². The molecule has 0 aliphatic rings. The highest BCUT2D eigenvalue weighted by atomic mass is 19.2. The molecule has 1 rings (SSSR count). The molecule has 0 heterocycles. The van der Waals surface area contributed by atoms with Gasteiger partial charge in [0.05, 0.1) is 6.61 Å². The first kappa shape index (κ1) is 24.5. The molecule has 1 aromatic rings. The van der Waals surface area contributed by atoms with Crippen molar-refractivity contribution >= 4 is 12.2 Å². The van der Waals surface area contributed by atoms with E-state index in [1.807, 2.05) is 38.1 Å². The molecule has 0 saturated heterocycles. The smallest absolute Gasteiger partial charge is 0.200 e. The number of allylic oxidation sites excluding steroid dienone is 5. The highest BCUT2D eigenvalue weighted by Crippen LogP contribution is 2.30. The summed E-state index contributed by atoms with van der Waals surface area (Å²) in [6.45, 7) is 14.6. The van der Waals surface area contributed by atoms with Crippen molar-refractivity contribution in [2.24, 2.45) is 11.8 Å². The van der Waals surface area contributed by atoms with E-state index in [4.69, 9.17) is 4.74 Å². The van der Waals surface area contributed by atoms with Crippen LogP contribution in [0.1, 0.15) is 51.7 Å². The molecule has 2 unspecified atom stereocenters. The molecule has 158 valence electrons. The number of halogens is 3. The SMILES string of the molecule is C=C(OCC)/C(F)=C(/F)C(=C)C(C)CCC(C)/C=C/c1ccc(/C=C/C)cc1F. The molecule has 0 N–H and O–H groups in total. The van der Waals surface area contributed by atoms with Crippen LogP contribution in [0.5, 0.6) is 0 Å². The van der Waals surface area contributed by atoms with Crippen molar-refractivity contribution in [1.29, 1.82) is 0 Å². The highest BCUT2D eigenvalue weighted by Gasteiger charge is 2.19. The third-order valence-corrected chi connectivity index (χ3v) is 4.68. The van der Waals surface area contributed by atoms with Gasteiger partial charge in [0.1, 0.15) is 5.82 Å². The third-order valence-electron chi connectivity index (χ3n) is 4.68. The molecule has 0 aromatic heterocycles. The van der Waals surface area contributed by atoms with Crippen LogP contribution in [0.3, 0.4) is 0 Å². The number of rotatable bonds is 11. The van der Waals surface area contributed by atoms with E-state index < -0.39 is 11.7 Å². The molecule has 0 fully saturated rings. The van der Waals surface area contributed by atoms with E-state index in [0.29, 0.717) is 12.0 Å². The fraction of sp³-hybridized carbons (Fsp3) is 0.360. The number of benzene rings is 1. The maximum atomic E-state index is 14.2. The van der Waals surface area contributed by atoms with Crippen molar-refractivity contribution < 1.29 is 17.9 Å². The van der Waals surface area contributed by atoms with Crippen LogP contribution in [0.25, 0.3) is 12.2 Å². The molecule has 1 aromatic carbocycles. The lowest BCUT2D eigenvalue weighted by Crippen LogP contribution is -2.04. The lowest BCUT2D eigenvalue weighted by atomic mass is 9.91. The van der Waals surface area contributed by atoms with Gasteiger partial charge in [-0.2, -0.15) is 4.39 Å². The fourth-order valence-electron chi connectivity index (χ4n) is 2.74. The van der Waals surface area contributed by atoms with E-state index >= 15 is 0 Å². The van der Waals surface area contributed by atoms with Gasteiger partial charge in [0, 0.05) is 5.56 Å². The monoisotopic (exact) mass is 404 g/mol. The molecule has 4 heteroatoms. The van der Waals surface area contributed by atoms with Crippen molar-refractivity contribution in [1.82, 2.24) is 0 Å². The summed E-state index contributed by atoms with van der Waals surface area (Å²) in [6.07, 6.45) is 8.73. The van der Waals surface area contributed by atoms with Crippen LogP contribution in [-0.2, 0) is 4.74 Å². The Kier molecular flexibility index (Phi) is 10.3. The summed E-state index contributed by atoms with van der Waals surface area (Å²) in [4.78, 5) is 0. The van der Waals surface area contributed by atoms with Gasteiger partial charge in [0.25, 0.3) is 0 Å². The van der Waals surface area contributed by atoms with Gasteiger partial charge in [-0.1, -0.05) is 63.4 Å². The molecule has 0 bridgehead atoms. The summed E-state index contributed by atoms with van der Waals surface area (Å²) in [6, 6.07) is 5.10. The molecule has 0 saturated carbocycles. The summed E-state index contributed by atoms with van der Waals surface area (Å²) < 4.78 is 47.3. The predicted molar refractivity (Wildman–Crippen MR) is 117 cm³/mol. The van der Waals surface area contributed by atoms with Crippen molar-refractivity contribution in [3.8, 4) is 0 Å². The first-order chi connectivity index (χ1) is 13.7. The van der Waals surface area contributed by atoms with Crippen LogP contribution >= 0.6 is 0 Å². The number of hydrogen-bond donors (Lipinski definition) is 0. The van der Waals surface area contributed by atoms with E-state index in [-0.39, 0.29) is 35.6 Å². The molecule has 0 radical (unpaired) electrons.